The maximum absolute atomic E-state index is 12.1. The fraction of sp³-hybridized carbons (Fsp3) is 0.316. The van der Waals surface area contributed by atoms with Crippen molar-refractivity contribution in [3.8, 4) is 5.75 Å². The molecular formula is C19H20INO2. The molecule has 0 saturated heterocycles. The van der Waals surface area contributed by atoms with Crippen LogP contribution >= 0.6 is 22.6 Å². The number of halogens is 1. The Balaban J connectivity index is 1.54. The van der Waals surface area contributed by atoms with Crippen LogP contribution in [0.15, 0.2) is 42.5 Å². The van der Waals surface area contributed by atoms with Gasteiger partial charge in [-0.3, -0.25) is 4.79 Å². The predicted octanol–water partition coefficient (Wildman–Crippen LogP) is 4.04. The largest absolute Gasteiger partial charge is 0.484 e. The summed E-state index contributed by atoms with van der Waals surface area (Å²) in [7, 11) is 0. The van der Waals surface area contributed by atoms with Crippen molar-refractivity contribution in [3.05, 3.63) is 62.7 Å². The van der Waals surface area contributed by atoms with Gasteiger partial charge in [0, 0.05) is 3.57 Å². The van der Waals surface area contributed by atoms with E-state index in [4.69, 9.17) is 4.74 Å². The number of carbonyl (C=O) groups is 1. The molecule has 0 bridgehead atoms. The van der Waals surface area contributed by atoms with Gasteiger partial charge in [-0.1, -0.05) is 18.2 Å². The number of nitrogens with one attached hydrogen (secondary N) is 1. The molecule has 0 heterocycles. The summed E-state index contributed by atoms with van der Waals surface area (Å²) in [4.78, 5) is 12.1. The molecule has 3 nitrogen and oxygen atoms in total. The monoisotopic (exact) mass is 421 g/mol. The molecule has 0 unspecified atom stereocenters. The van der Waals surface area contributed by atoms with Gasteiger partial charge in [-0.2, -0.15) is 0 Å². The highest BCUT2D eigenvalue weighted by atomic mass is 127. The molecule has 2 aromatic carbocycles. The lowest BCUT2D eigenvalue weighted by molar-refractivity contribution is -0.123. The summed E-state index contributed by atoms with van der Waals surface area (Å²) in [6.07, 6.45) is 3.57. The Hall–Kier alpha value is -1.56. The van der Waals surface area contributed by atoms with Crippen molar-refractivity contribution in [3.63, 3.8) is 0 Å². The lowest BCUT2D eigenvalue weighted by Crippen LogP contribution is -2.31. The Morgan fingerprint density at radius 1 is 1.17 bits per heavy atom. The average Bonchev–Trinajstić information content (AvgIpc) is 3.02. The van der Waals surface area contributed by atoms with Crippen molar-refractivity contribution in [2.45, 2.75) is 32.2 Å². The Labute approximate surface area is 150 Å². The van der Waals surface area contributed by atoms with E-state index in [-0.39, 0.29) is 18.6 Å². The van der Waals surface area contributed by atoms with Crippen molar-refractivity contribution in [2.24, 2.45) is 0 Å². The normalized spacial score (nSPS) is 14.2. The second-order valence-corrected chi connectivity index (χ2v) is 7.16. The van der Waals surface area contributed by atoms with E-state index >= 15 is 0 Å². The predicted molar refractivity (Wildman–Crippen MR) is 99.7 cm³/mol. The topological polar surface area (TPSA) is 38.3 Å². The van der Waals surface area contributed by atoms with E-state index in [2.05, 4.69) is 46.1 Å². The molecule has 2 aromatic rings. The van der Waals surface area contributed by atoms with E-state index in [1.807, 2.05) is 31.2 Å². The van der Waals surface area contributed by atoms with E-state index in [9.17, 15) is 4.79 Å². The Bertz CT molecular complexity index is 697. The van der Waals surface area contributed by atoms with Gasteiger partial charge in [-0.25, -0.2) is 0 Å². The van der Waals surface area contributed by atoms with Gasteiger partial charge in [-0.05, 0) is 89.7 Å². The number of ether oxygens (including phenoxy) is 1. The van der Waals surface area contributed by atoms with Gasteiger partial charge in [0.05, 0.1) is 6.04 Å². The number of benzene rings is 2. The molecule has 1 amide bonds. The number of carbonyl (C=O) groups excluding carboxylic acids is 1. The summed E-state index contributed by atoms with van der Waals surface area (Å²) in [6, 6.07) is 14.2. The smallest absolute Gasteiger partial charge is 0.258 e. The van der Waals surface area contributed by atoms with Crippen molar-refractivity contribution in [1.82, 2.24) is 5.32 Å². The first-order valence-corrected chi connectivity index (χ1v) is 8.99. The fourth-order valence-electron chi connectivity index (χ4n) is 2.91. The van der Waals surface area contributed by atoms with Crippen molar-refractivity contribution in [2.75, 3.05) is 6.61 Å². The maximum Gasteiger partial charge on any atom is 0.258 e. The van der Waals surface area contributed by atoms with E-state index in [1.54, 1.807) is 0 Å². The number of hydrogen-bond acceptors (Lipinski definition) is 2. The van der Waals surface area contributed by atoms with Crippen molar-refractivity contribution >= 4 is 28.5 Å². The highest BCUT2D eigenvalue weighted by Crippen LogP contribution is 2.25. The molecule has 0 fully saturated rings. The molecule has 23 heavy (non-hydrogen) atoms. The van der Waals surface area contributed by atoms with E-state index < -0.39 is 0 Å². The molecule has 1 aliphatic rings. The maximum atomic E-state index is 12.1. The quantitative estimate of drug-likeness (QED) is 0.741. The van der Waals surface area contributed by atoms with Crippen LogP contribution in [-0.4, -0.2) is 12.5 Å². The van der Waals surface area contributed by atoms with Gasteiger partial charge >= 0.3 is 0 Å². The zero-order valence-electron chi connectivity index (χ0n) is 13.1. The van der Waals surface area contributed by atoms with Crippen LogP contribution in [0, 0.1) is 3.57 Å². The SMILES string of the molecule is C[C@H](NC(=O)COc1ccc(I)cc1)c1ccc2c(c1)CCC2. The Morgan fingerprint density at radius 3 is 2.70 bits per heavy atom. The third-order valence-corrected chi connectivity index (χ3v) is 4.90. The zero-order valence-corrected chi connectivity index (χ0v) is 15.3. The van der Waals surface area contributed by atoms with Gasteiger partial charge in [0.25, 0.3) is 5.91 Å². The van der Waals surface area contributed by atoms with Crippen LogP contribution in [0.25, 0.3) is 0 Å². The van der Waals surface area contributed by atoms with Gasteiger partial charge < -0.3 is 10.1 Å². The number of aryl methyl sites for hydroxylation is 2. The van der Waals surface area contributed by atoms with Gasteiger partial charge in [-0.15, -0.1) is 0 Å². The summed E-state index contributed by atoms with van der Waals surface area (Å²) >= 11 is 2.24. The standard InChI is InChI=1S/C19H20INO2/c1-13(15-6-5-14-3-2-4-16(14)11-15)21-19(22)12-23-18-9-7-17(20)8-10-18/h5-11,13H,2-4,12H2,1H3,(H,21,22)/t13-/m0/s1. The summed E-state index contributed by atoms with van der Waals surface area (Å²) in [5.41, 5.74) is 4.04. The average molecular weight is 421 g/mol. The van der Waals surface area contributed by atoms with Crippen LogP contribution < -0.4 is 10.1 Å². The second kappa shape index (κ2) is 7.34. The molecule has 0 spiro atoms. The molecular weight excluding hydrogens is 401 g/mol. The molecule has 0 saturated carbocycles. The lowest BCUT2D eigenvalue weighted by Gasteiger charge is -2.16. The van der Waals surface area contributed by atoms with Crippen LogP contribution in [0.2, 0.25) is 0 Å². The number of amides is 1. The van der Waals surface area contributed by atoms with Crippen LogP contribution in [0.3, 0.4) is 0 Å². The highest BCUT2D eigenvalue weighted by molar-refractivity contribution is 14.1. The molecule has 1 atom stereocenters. The molecule has 1 N–H and O–H groups in total. The Kier molecular flexibility index (Phi) is 5.20. The van der Waals surface area contributed by atoms with E-state index in [0.717, 1.165) is 15.6 Å². The fourth-order valence-corrected chi connectivity index (χ4v) is 3.27. The number of hydrogen-bond donors (Lipinski definition) is 1. The highest BCUT2D eigenvalue weighted by Gasteiger charge is 2.15. The molecule has 0 radical (unpaired) electrons. The van der Waals surface area contributed by atoms with Crippen LogP contribution in [0.1, 0.15) is 36.1 Å². The van der Waals surface area contributed by atoms with E-state index in [0.29, 0.717) is 5.75 Å². The van der Waals surface area contributed by atoms with Crippen molar-refractivity contribution in [1.29, 1.82) is 0 Å². The van der Waals surface area contributed by atoms with Gasteiger partial charge in [0.15, 0.2) is 6.61 Å². The van der Waals surface area contributed by atoms with Gasteiger partial charge in [0.1, 0.15) is 5.75 Å². The minimum atomic E-state index is -0.100. The molecule has 3 rings (SSSR count). The zero-order chi connectivity index (χ0) is 16.2. The van der Waals surface area contributed by atoms with Crippen LogP contribution in [0.4, 0.5) is 0 Å². The van der Waals surface area contributed by atoms with Crippen molar-refractivity contribution < 1.29 is 9.53 Å². The third kappa shape index (κ3) is 4.25. The first-order chi connectivity index (χ1) is 11.1. The molecule has 120 valence electrons. The summed E-state index contributed by atoms with van der Waals surface area (Å²) in [6.45, 7) is 2.05. The number of rotatable bonds is 5. The number of fused-ring (bicyclic) bond motifs is 1. The lowest BCUT2D eigenvalue weighted by atomic mass is 10.0. The summed E-state index contributed by atoms with van der Waals surface area (Å²) < 4.78 is 6.66. The molecule has 0 aliphatic heterocycles. The van der Waals surface area contributed by atoms with E-state index in [1.165, 1.54) is 24.0 Å². The first-order valence-electron chi connectivity index (χ1n) is 7.91. The Morgan fingerprint density at radius 2 is 1.91 bits per heavy atom. The minimum absolute atomic E-state index is 0.00581. The summed E-state index contributed by atoms with van der Waals surface area (Å²) in [5.74, 6) is 0.613. The minimum Gasteiger partial charge on any atom is -0.484 e. The molecule has 0 aromatic heterocycles. The third-order valence-electron chi connectivity index (χ3n) is 4.18. The summed E-state index contributed by atoms with van der Waals surface area (Å²) in [5, 5.41) is 3.00. The first kappa shape index (κ1) is 16.3. The van der Waals surface area contributed by atoms with Gasteiger partial charge in [0.2, 0.25) is 0 Å². The van der Waals surface area contributed by atoms with Crippen LogP contribution in [0.5, 0.6) is 5.75 Å². The second-order valence-electron chi connectivity index (χ2n) is 5.91. The van der Waals surface area contributed by atoms with Crippen LogP contribution in [-0.2, 0) is 17.6 Å². The molecule has 4 heteroatoms. The molecule has 1 aliphatic carbocycles.